The normalized spacial score (nSPS) is 17.8. The first-order valence-electron chi connectivity index (χ1n) is 10.9. The summed E-state index contributed by atoms with van der Waals surface area (Å²) in [6.07, 6.45) is 1.03. The molecule has 0 aliphatic carbocycles. The first-order valence-corrected chi connectivity index (χ1v) is 10.9. The zero-order valence-corrected chi connectivity index (χ0v) is 18.0. The van der Waals surface area contributed by atoms with Gasteiger partial charge in [-0.3, -0.25) is 4.90 Å². The molecule has 4 rings (SSSR count). The van der Waals surface area contributed by atoms with Gasteiger partial charge in [0.2, 0.25) is 0 Å². The molecule has 0 saturated carbocycles. The van der Waals surface area contributed by atoms with Crippen LogP contribution in [0.25, 0.3) is 0 Å². The molecule has 30 heavy (non-hydrogen) atoms. The fourth-order valence-electron chi connectivity index (χ4n) is 4.37. The van der Waals surface area contributed by atoms with Crippen LogP contribution in [0.2, 0.25) is 0 Å². The predicted molar refractivity (Wildman–Crippen MR) is 125 cm³/mol. The fraction of sp³-hybridized carbons (Fsp3) is 0.333. The maximum Gasteiger partial charge on any atom is 0.0840 e. The molecule has 0 radical (unpaired) electrons. The second-order valence-electron chi connectivity index (χ2n) is 8.86. The predicted octanol–water partition coefficient (Wildman–Crippen LogP) is 4.85. The van der Waals surface area contributed by atoms with Crippen molar-refractivity contribution >= 4 is 5.69 Å². The first kappa shape index (κ1) is 20.6. The molecule has 3 nitrogen and oxygen atoms in total. The van der Waals surface area contributed by atoms with E-state index in [0.717, 1.165) is 38.2 Å². The lowest BCUT2D eigenvalue weighted by Gasteiger charge is -2.43. The molecule has 3 heteroatoms. The molecule has 0 spiro atoms. The van der Waals surface area contributed by atoms with Gasteiger partial charge in [-0.15, -0.1) is 0 Å². The van der Waals surface area contributed by atoms with Crippen LogP contribution in [-0.2, 0) is 18.6 Å². The number of piperazine rings is 1. The molecule has 0 bridgehead atoms. The standard InChI is InChI=1S/C27H32N2O/c1-27(2,30)24-13-15-25(16-14-24)29-18-17-28(20-23-11-7-4-8-12-23)21-26(29)19-22-9-5-3-6-10-22/h3-16,26,30H,17-21H2,1-2H3/t26-/m0/s1. The molecule has 1 aliphatic rings. The van der Waals surface area contributed by atoms with Crippen LogP contribution in [-0.4, -0.2) is 35.7 Å². The third-order valence-corrected chi connectivity index (χ3v) is 6.04. The molecule has 0 unspecified atom stereocenters. The van der Waals surface area contributed by atoms with Crippen molar-refractivity contribution < 1.29 is 5.11 Å². The number of rotatable bonds is 6. The Morgan fingerprint density at radius 3 is 2.00 bits per heavy atom. The van der Waals surface area contributed by atoms with Crippen LogP contribution in [0.4, 0.5) is 5.69 Å². The molecule has 3 aromatic rings. The van der Waals surface area contributed by atoms with Crippen molar-refractivity contribution in [2.24, 2.45) is 0 Å². The molecular formula is C27H32N2O. The maximum atomic E-state index is 10.3. The summed E-state index contributed by atoms with van der Waals surface area (Å²) < 4.78 is 0. The smallest absolute Gasteiger partial charge is 0.0840 e. The van der Waals surface area contributed by atoms with E-state index < -0.39 is 5.60 Å². The van der Waals surface area contributed by atoms with Gasteiger partial charge in [0.05, 0.1) is 5.60 Å². The van der Waals surface area contributed by atoms with Crippen molar-refractivity contribution in [3.63, 3.8) is 0 Å². The number of hydrogen-bond donors (Lipinski definition) is 1. The molecular weight excluding hydrogens is 368 g/mol. The van der Waals surface area contributed by atoms with Gasteiger partial charge in [-0.05, 0) is 49.1 Å². The van der Waals surface area contributed by atoms with E-state index in [2.05, 4.69) is 94.7 Å². The second kappa shape index (κ2) is 9.03. The van der Waals surface area contributed by atoms with Crippen molar-refractivity contribution in [1.82, 2.24) is 4.90 Å². The first-order chi connectivity index (χ1) is 14.5. The van der Waals surface area contributed by atoms with E-state index in [1.165, 1.54) is 16.8 Å². The summed E-state index contributed by atoms with van der Waals surface area (Å²) in [7, 11) is 0. The zero-order valence-electron chi connectivity index (χ0n) is 18.0. The van der Waals surface area contributed by atoms with Crippen LogP contribution in [0.15, 0.2) is 84.9 Å². The average molecular weight is 401 g/mol. The zero-order chi connectivity index (χ0) is 21.0. The number of aliphatic hydroxyl groups is 1. The summed E-state index contributed by atoms with van der Waals surface area (Å²) in [5.74, 6) is 0. The van der Waals surface area contributed by atoms with E-state index in [1.54, 1.807) is 0 Å². The summed E-state index contributed by atoms with van der Waals surface area (Å²) >= 11 is 0. The van der Waals surface area contributed by atoms with Gasteiger partial charge in [0, 0.05) is 37.9 Å². The Kier molecular flexibility index (Phi) is 6.21. The third kappa shape index (κ3) is 5.10. The van der Waals surface area contributed by atoms with E-state index in [4.69, 9.17) is 0 Å². The van der Waals surface area contributed by atoms with Gasteiger partial charge < -0.3 is 10.0 Å². The van der Waals surface area contributed by atoms with Gasteiger partial charge >= 0.3 is 0 Å². The maximum absolute atomic E-state index is 10.3. The van der Waals surface area contributed by atoms with Crippen molar-refractivity contribution in [2.45, 2.75) is 38.5 Å². The minimum atomic E-state index is -0.809. The molecule has 3 aromatic carbocycles. The lowest BCUT2D eigenvalue weighted by molar-refractivity contribution is 0.0786. The molecule has 1 fully saturated rings. The van der Waals surface area contributed by atoms with Gasteiger partial charge in [-0.25, -0.2) is 0 Å². The fourth-order valence-corrected chi connectivity index (χ4v) is 4.37. The Hall–Kier alpha value is -2.62. The molecule has 1 atom stereocenters. The van der Waals surface area contributed by atoms with Gasteiger partial charge in [0.25, 0.3) is 0 Å². The van der Waals surface area contributed by atoms with Crippen molar-refractivity contribution in [3.05, 3.63) is 102 Å². The molecule has 1 heterocycles. The van der Waals surface area contributed by atoms with Crippen LogP contribution in [0.5, 0.6) is 0 Å². The van der Waals surface area contributed by atoms with E-state index >= 15 is 0 Å². The average Bonchev–Trinajstić information content (AvgIpc) is 2.75. The van der Waals surface area contributed by atoms with Gasteiger partial charge in [0.1, 0.15) is 0 Å². The minimum absolute atomic E-state index is 0.415. The Labute approximate surface area is 180 Å². The minimum Gasteiger partial charge on any atom is -0.386 e. The molecule has 1 N–H and O–H groups in total. The van der Waals surface area contributed by atoms with E-state index in [-0.39, 0.29) is 0 Å². The highest BCUT2D eigenvalue weighted by Gasteiger charge is 2.28. The molecule has 1 saturated heterocycles. The summed E-state index contributed by atoms with van der Waals surface area (Å²) in [6, 6.07) is 30.4. The molecule has 0 aromatic heterocycles. The van der Waals surface area contributed by atoms with Gasteiger partial charge in [0.15, 0.2) is 0 Å². The van der Waals surface area contributed by atoms with Crippen LogP contribution in [0.3, 0.4) is 0 Å². The monoisotopic (exact) mass is 400 g/mol. The molecule has 156 valence electrons. The van der Waals surface area contributed by atoms with Crippen LogP contribution >= 0.6 is 0 Å². The number of hydrogen-bond acceptors (Lipinski definition) is 3. The largest absolute Gasteiger partial charge is 0.386 e. The summed E-state index contributed by atoms with van der Waals surface area (Å²) in [5.41, 5.74) is 4.13. The van der Waals surface area contributed by atoms with Gasteiger partial charge in [-0.2, -0.15) is 0 Å². The second-order valence-corrected chi connectivity index (χ2v) is 8.86. The topological polar surface area (TPSA) is 26.7 Å². The van der Waals surface area contributed by atoms with Crippen LogP contribution < -0.4 is 4.90 Å². The summed E-state index contributed by atoms with van der Waals surface area (Å²) in [5, 5.41) is 10.3. The Morgan fingerprint density at radius 2 is 1.40 bits per heavy atom. The lowest BCUT2D eigenvalue weighted by Crippen LogP contribution is -2.53. The highest BCUT2D eigenvalue weighted by molar-refractivity contribution is 5.50. The van der Waals surface area contributed by atoms with Crippen LogP contribution in [0, 0.1) is 0 Å². The highest BCUT2D eigenvalue weighted by Crippen LogP contribution is 2.27. The van der Waals surface area contributed by atoms with E-state index in [0.29, 0.717) is 6.04 Å². The quantitative estimate of drug-likeness (QED) is 0.641. The summed E-state index contributed by atoms with van der Waals surface area (Å²) in [4.78, 5) is 5.12. The highest BCUT2D eigenvalue weighted by atomic mass is 16.3. The Balaban J connectivity index is 1.54. The SMILES string of the molecule is CC(C)(O)c1ccc(N2CCN(Cc3ccccc3)C[C@@H]2Cc2ccccc2)cc1. The Bertz CT molecular complexity index is 917. The van der Waals surface area contributed by atoms with E-state index in [1.807, 2.05) is 13.8 Å². The molecule has 1 aliphatic heterocycles. The number of benzene rings is 3. The lowest BCUT2D eigenvalue weighted by atomic mass is 9.97. The number of nitrogens with zero attached hydrogens (tertiary/aromatic N) is 2. The van der Waals surface area contributed by atoms with Gasteiger partial charge in [-0.1, -0.05) is 72.8 Å². The van der Waals surface area contributed by atoms with Crippen molar-refractivity contribution in [1.29, 1.82) is 0 Å². The van der Waals surface area contributed by atoms with E-state index in [9.17, 15) is 5.11 Å². The Morgan fingerprint density at radius 1 is 0.800 bits per heavy atom. The van der Waals surface area contributed by atoms with Crippen LogP contribution in [0.1, 0.15) is 30.5 Å². The molecule has 0 amide bonds. The summed E-state index contributed by atoms with van der Waals surface area (Å²) in [6.45, 7) is 7.76. The van der Waals surface area contributed by atoms with Crippen molar-refractivity contribution in [3.8, 4) is 0 Å². The number of anilines is 1. The third-order valence-electron chi connectivity index (χ3n) is 6.04. The van der Waals surface area contributed by atoms with Crippen molar-refractivity contribution in [2.75, 3.05) is 24.5 Å².